The van der Waals surface area contributed by atoms with Crippen molar-refractivity contribution in [1.82, 2.24) is 25.5 Å². The Morgan fingerprint density at radius 1 is 1.10 bits per heavy atom. The molecular formula is C29H39N5O4S. The summed E-state index contributed by atoms with van der Waals surface area (Å²) < 4.78 is 0. The van der Waals surface area contributed by atoms with E-state index in [-0.39, 0.29) is 36.7 Å². The first-order valence-corrected chi connectivity index (χ1v) is 14.7. The van der Waals surface area contributed by atoms with Gasteiger partial charge in [-0.3, -0.25) is 14.5 Å². The summed E-state index contributed by atoms with van der Waals surface area (Å²) >= 11 is 1.54. The summed E-state index contributed by atoms with van der Waals surface area (Å²) in [6.45, 7) is 5.07. The van der Waals surface area contributed by atoms with Crippen LogP contribution in [0.25, 0.3) is 10.8 Å². The Bertz CT molecular complexity index is 1210. The molecule has 0 fully saturated rings. The molecule has 3 aromatic rings. The van der Waals surface area contributed by atoms with Gasteiger partial charge in [-0.05, 0) is 40.7 Å². The number of rotatable bonds is 16. The number of hydrogen-bond donors (Lipinski definition) is 4. The molecule has 0 aliphatic rings. The fourth-order valence-electron chi connectivity index (χ4n) is 4.54. The number of carbonyl (C=O) groups is 3. The van der Waals surface area contributed by atoms with Crippen LogP contribution >= 0.6 is 11.8 Å². The van der Waals surface area contributed by atoms with Crippen molar-refractivity contribution in [1.29, 1.82) is 0 Å². The van der Waals surface area contributed by atoms with Crippen LogP contribution in [0.1, 0.15) is 37.9 Å². The quantitative estimate of drug-likeness (QED) is 0.214. The van der Waals surface area contributed by atoms with Crippen molar-refractivity contribution < 1.29 is 19.5 Å². The number of amides is 2. The number of benzene rings is 2. The van der Waals surface area contributed by atoms with Crippen LogP contribution in [-0.4, -0.2) is 74.9 Å². The van der Waals surface area contributed by atoms with E-state index in [0.29, 0.717) is 25.3 Å². The zero-order chi connectivity index (χ0) is 28.2. The zero-order valence-corrected chi connectivity index (χ0v) is 23.7. The molecule has 3 rings (SSSR count). The number of nitrogens with zero attached hydrogens (tertiary/aromatic N) is 2. The Hall–Kier alpha value is -3.37. The average Bonchev–Trinajstić information content (AvgIpc) is 3.43. The van der Waals surface area contributed by atoms with Crippen molar-refractivity contribution in [2.75, 3.05) is 25.1 Å². The van der Waals surface area contributed by atoms with Gasteiger partial charge in [-0.2, -0.15) is 11.8 Å². The number of nitrogens with one attached hydrogen (secondary N) is 3. The van der Waals surface area contributed by atoms with Crippen LogP contribution in [0.4, 0.5) is 0 Å². The molecule has 1 aromatic heterocycles. The first-order valence-electron chi connectivity index (χ1n) is 13.3. The Kier molecular flexibility index (Phi) is 11.8. The average molecular weight is 554 g/mol. The van der Waals surface area contributed by atoms with Crippen LogP contribution in [0, 0.1) is 5.92 Å². The van der Waals surface area contributed by atoms with Crippen LogP contribution in [0.5, 0.6) is 0 Å². The van der Waals surface area contributed by atoms with Crippen LogP contribution in [-0.2, 0) is 27.3 Å². The van der Waals surface area contributed by atoms with Gasteiger partial charge in [0.2, 0.25) is 11.8 Å². The van der Waals surface area contributed by atoms with Gasteiger partial charge < -0.3 is 20.7 Å². The lowest BCUT2D eigenvalue weighted by Crippen LogP contribution is -2.51. The molecule has 0 bridgehead atoms. The monoisotopic (exact) mass is 553 g/mol. The molecule has 0 spiro atoms. The van der Waals surface area contributed by atoms with Gasteiger partial charge in [-0.1, -0.05) is 62.7 Å². The van der Waals surface area contributed by atoms with E-state index in [1.807, 2.05) is 35.4 Å². The van der Waals surface area contributed by atoms with E-state index in [1.54, 1.807) is 24.3 Å². The molecule has 0 radical (unpaired) electrons. The van der Waals surface area contributed by atoms with E-state index < -0.39 is 12.0 Å². The van der Waals surface area contributed by atoms with E-state index in [0.717, 1.165) is 28.5 Å². The fourth-order valence-corrected chi connectivity index (χ4v) is 5.01. The molecule has 3 atom stereocenters. The first-order chi connectivity index (χ1) is 18.8. The topological polar surface area (TPSA) is 127 Å². The van der Waals surface area contributed by atoms with E-state index in [4.69, 9.17) is 0 Å². The second-order valence-electron chi connectivity index (χ2n) is 9.86. The lowest BCUT2D eigenvalue weighted by atomic mass is 9.97. The first kappa shape index (κ1) is 30.2. The molecule has 9 nitrogen and oxygen atoms in total. The molecule has 0 saturated heterocycles. The van der Waals surface area contributed by atoms with Gasteiger partial charge >= 0.3 is 5.97 Å². The predicted molar refractivity (Wildman–Crippen MR) is 155 cm³/mol. The maximum atomic E-state index is 13.1. The van der Waals surface area contributed by atoms with Gasteiger partial charge in [0.1, 0.15) is 6.04 Å². The lowest BCUT2D eigenvalue weighted by molar-refractivity contribution is -0.142. The van der Waals surface area contributed by atoms with Crippen LogP contribution < -0.4 is 10.6 Å². The molecule has 10 heteroatoms. The standard InChI is InChI=1S/C29H39N5O4S/c1-4-20(2)26(33-27(35)14-23-15-30-19-31-23)17-34(18-28(36)32-25(29(37)38)12-13-39-3)16-22-10-7-9-21-8-5-6-11-24(21)22/h5-11,15,19-20,25-26H,4,12-14,16-18H2,1-3H3,(H,30,31)(H,32,36)(H,33,35)(H,37,38)/t20?,25-,26+/m0/s1. The Morgan fingerprint density at radius 2 is 1.87 bits per heavy atom. The van der Waals surface area contributed by atoms with Crippen LogP contribution in [0.15, 0.2) is 55.0 Å². The molecule has 0 saturated carbocycles. The van der Waals surface area contributed by atoms with Crippen molar-refractivity contribution >= 4 is 40.3 Å². The van der Waals surface area contributed by atoms with Crippen LogP contribution in [0.2, 0.25) is 0 Å². The maximum absolute atomic E-state index is 13.1. The third-order valence-corrected chi connectivity index (χ3v) is 7.57. The summed E-state index contributed by atoms with van der Waals surface area (Å²) in [7, 11) is 0. The second kappa shape index (κ2) is 15.3. The zero-order valence-electron chi connectivity index (χ0n) is 22.9. The number of fused-ring (bicyclic) bond motifs is 1. The number of carboxylic acid groups (broad SMARTS) is 1. The summed E-state index contributed by atoms with van der Waals surface area (Å²) in [5, 5.41) is 17.7. The van der Waals surface area contributed by atoms with Crippen molar-refractivity contribution in [2.45, 2.75) is 51.7 Å². The molecule has 4 N–H and O–H groups in total. The number of thioether (sulfide) groups is 1. The molecule has 2 aromatic carbocycles. The summed E-state index contributed by atoms with van der Waals surface area (Å²) in [6.07, 6.45) is 6.46. The molecule has 0 aliphatic carbocycles. The molecule has 39 heavy (non-hydrogen) atoms. The summed E-state index contributed by atoms with van der Waals surface area (Å²) in [4.78, 5) is 46.7. The summed E-state index contributed by atoms with van der Waals surface area (Å²) in [5.74, 6) is -0.726. The highest BCUT2D eigenvalue weighted by molar-refractivity contribution is 7.98. The van der Waals surface area contributed by atoms with Gasteiger partial charge in [-0.15, -0.1) is 0 Å². The number of H-pyrrole nitrogens is 1. The highest BCUT2D eigenvalue weighted by atomic mass is 32.2. The minimum Gasteiger partial charge on any atom is -0.480 e. The predicted octanol–water partition coefficient (Wildman–Crippen LogP) is 3.46. The van der Waals surface area contributed by atoms with Gasteiger partial charge in [0, 0.05) is 31.0 Å². The molecule has 2 amide bonds. The summed E-state index contributed by atoms with van der Waals surface area (Å²) in [6, 6.07) is 13.0. The Labute approximate surface area is 234 Å². The third kappa shape index (κ3) is 9.40. The third-order valence-electron chi connectivity index (χ3n) is 6.92. The SMILES string of the molecule is CCC(C)[C@@H](CN(CC(=O)N[C@@H](CCSC)C(=O)O)Cc1cccc2ccccc12)NC(=O)Cc1cnc[nH]1. The number of aliphatic carboxylic acids is 1. The number of hydrogen-bond acceptors (Lipinski definition) is 6. The fraction of sp³-hybridized carbons (Fsp3) is 0.448. The van der Waals surface area contributed by atoms with E-state index in [9.17, 15) is 19.5 Å². The molecule has 210 valence electrons. The van der Waals surface area contributed by atoms with Crippen molar-refractivity contribution in [3.63, 3.8) is 0 Å². The van der Waals surface area contributed by atoms with Gasteiger partial charge in [-0.25, -0.2) is 9.78 Å². The highest BCUT2D eigenvalue weighted by Gasteiger charge is 2.25. The largest absolute Gasteiger partial charge is 0.480 e. The van der Waals surface area contributed by atoms with Crippen molar-refractivity contribution in [2.24, 2.45) is 5.92 Å². The van der Waals surface area contributed by atoms with Gasteiger partial charge in [0.15, 0.2) is 0 Å². The molecular weight excluding hydrogens is 514 g/mol. The van der Waals surface area contributed by atoms with Crippen LogP contribution in [0.3, 0.4) is 0 Å². The highest BCUT2D eigenvalue weighted by Crippen LogP contribution is 2.21. The number of aromatic nitrogens is 2. The minimum atomic E-state index is -1.04. The second-order valence-corrected chi connectivity index (χ2v) is 10.8. The van der Waals surface area contributed by atoms with Crippen molar-refractivity contribution in [3.8, 4) is 0 Å². The van der Waals surface area contributed by atoms with E-state index in [1.165, 1.54) is 0 Å². The van der Waals surface area contributed by atoms with Gasteiger partial charge in [0.25, 0.3) is 0 Å². The number of aromatic amines is 1. The normalized spacial score (nSPS) is 13.6. The summed E-state index contributed by atoms with van der Waals surface area (Å²) in [5.41, 5.74) is 1.79. The number of carbonyl (C=O) groups excluding carboxylic acids is 2. The van der Waals surface area contributed by atoms with E-state index in [2.05, 4.69) is 52.6 Å². The lowest BCUT2D eigenvalue weighted by Gasteiger charge is -2.31. The maximum Gasteiger partial charge on any atom is 0.326 e. The number of imidazole rings is 1. The smallest absolute Gasteiger partial charge is 0.326 e. The molecule has 1 heterocycles. The van der Waals surface area contributed by atoms with Crippen molar-refractivity contribution in [3.05, 3.63) is 66.2 Å². The molecule has 1 unspecified atom stereocenters. The Balaban J connectivity index is 1.82. The van der Waals surface area contributed by atoms with E-state index >= 15 is 0 Å². The Morgan fingerprint density at radius 3 is 2.56 bits per heavy atom. The minimum absolute atomic E-state index is 0.00955. The van der Waals surface area contributed by atoms with Gasteiger partial charge in [0.05, 0.1) is 19.3 Å². The molecule has 0 aliphatic heterocycles. The number of carboxylic acids is 1.